The lowest BCUT2D eigenvalue weighted by Crippen LogP contribution is -2.36. The number of rotatable bonds is 9. The Morgan fingerprint density at radius 2 is 1.88 bits per heavy atom. The number of carbonyl (C=O) groups is 1. The predicted molar refractivity (Wildman–Crippen MR) is 158 cm³/mol. The minimum absolute atomic E-state index is 0.0685. The first kappa shape index (κ1) is 29.6. The van der Waals surface area contributed by atoms with Crippen LogP contribution in [0.1, 0.15) is 66.2 Å². The van der Waals surface area contributed by atoms with Gasteiger partial charge in [-0.2, -0.15) is 0 Å². The maximum atomic E-state index is 15.1. The third-order valence-electron chi connectivity index (χ3n) is 7.83. The molecule has 1 aliphatic carbocycles. The molecular formula is C32H34F2N4O3S. The summed E-state index contributed by atoms with van der Waals surface area (Å²) in [6.45, 7) is 3.88. The van der Waals surface area contributed by atoms with Crippen LogP contribution in [0.25, 0.3) is 0 Å². The average molecular weight is 593 g/mol. The molecule has 220 valence electrons. The van der Waals surface area contributed by atoms with Crippen molar-refractivity contribution in [1.29, 1.82) is 0 Å². The van der Waals surface area contributed by atoms with Gasteiger partial charge in [0.2, 0.25) is 15.9 Å². The van der Waals surface area contributed by atoms with Crippen molar-refractivity contribution in [3.05, 3.63) is 113 Å². The molecule has 0 unspecified atom stereocenters. The molecule has 3 aromatic carbocycles. The van der Waals surface area contributed by atoms with Crippen LogP contribution in [0.3, 0.4) is 0 Å². The zero-order chi connectivity index (χ0) is 30.1. The lowest BCUT2D eigenvalue weighted by atomic mass is 9.85. The fourth-order valence-electron chi connectivity index (χ4n) is 5.40. The van der Waals surface area contributed by atoms with E-state index < -0.39 is 28.4 Å². The standard InChI is InChI=1S/C32H34F2N4O3S/c1-22-8-7-11-26(18-22)42(40,41)36-29-14-15-32(33,34)28-13-12-25(20-27(28)29)38(21-30-35-16-17-37(30)3)31(39)19-23(2)24-9-5-4-6-10-24/h4-13,16-18,20,23,29,36H,14-15,19,21H2,1-3H3/t23-,29-/m1/s1. The summed E-state index contributed by atoms with van der Waals surface area (Å²) in [4.78, 5) is 19.8. The van der Waals surface area contributed by atoms with Crippen molar-refractivity contribution < 1.29 is 22.0 Å². The van der Waals surface area contributed by atoms with E-state index >= 15 is 8.78 Å². The molecule has 0 bridgehead atoms. The summed E-state index contributed by atoms with van der Waals surface area (Å²) in [6, 6.07) is 19.6. The third-order valence-corrected chi connectivity index (χ3v) is 9.30. The van der Waals surface area contributed by atoms with Crippen LogP contribution in [0.4, 0.5) is 14.5 Å². The number of fused-ring (bicyclic) bond motifs is 1. The highest BCUT2D eigenvalue weighted by atomic mass is 32.2. The number of hydrogen-bond acceptors (Lipinski definition) is 4. The number of aryl methyl sites for hydroxylation is 2. The maximum Gasteiger partial charge on any atom is 0.273 e. The molecule has 0 fully saturated rings. The predicted octanol–water partition coefficient (Wildman–Crippen LogP) is 6.36. The highest BCUT2D eigenvalue weighted by Gasteiger charge is 2.42. The Bertz CT molecular complexity index is 1690. The first-order valence-electron chi connectivity index (χ1n) is 13.9. The Balaban J connectivity index is 1.52. The molecule has 1 heterocycles. The summed E-state index contributed by atoms with van der Waals surface area (Å²) in [7, 11) is -2.17. The second-order valence-electron chi connectivity index (χ2n) is 11.0. The number of anilines is 1. The molecule has 1 N–H and O–H groups in total. The molecule has 7 nitrogen and oxygen atoms in total. The van der Waals surface area contributed by atoms with Gasteiger partial charge in [-0.05, 0) is 60.2 Å². The van der Waals surface area contributed by atoms with E-state index in [1.807, 2.05) is 44.3 Å². The second kappa shape index (κ2) is 11.8. The summed E-state index contributed by atoms with van der Waals surface area (Å²) in [5, 5.41) is 0. The van der Waals surface area contributed by atoms with E-state index in [0.29, 0.717) is 11.5 Å². The summed E-state index contributed by atoms with van der Waals surface area (Å²) >= 11 is 0. The number of benzene rings is 3. The van der Waals surface area contributed by atoms with E-state index in [-0.39, 0.29) is 47.2 Å². The minimum Gasteiger partial charge on any atom is -0.337 e. The molecule has 0 saturated heterocycles. The van der Waals surface area contributed by atoms with Crippen LogP contribution in [0, 0.1) is 6.92 Å². The van der Waals surface area contributed by atoms with Crippen LogP contribution in [0.15, 0.2) is 90.1 Å². The average Bonchev–Trinajstić information content (AvgIpc) is 3.37. The maximum absolute atomic E-state index is 15.1. The molecule has 1 amide bonds. The van der Waals surface area contributed by atoms with Gasteiger partial charge >= 0.3 is 0 Å². The quantitative estimate of drug-likeness (QED) is 0.245. The van der Waals surface area contributed by atoms with E-state index in [9.17, 15) is 13.2 Å². The molecule has 0 aliphatic heterocycles. The highest BCUT2D eigenvalue weighted by molar-refractivity contribution is 7.89. The first-order valence-corrected chi connectivity index (χ1v) is 15.4. The molecule has 4 aromatic rings. The SMILES string of the molecule is Cc1cccc(S(=O)(=O)N[C@@H]2CCC(F)(F)c3ccc(N(Cc4nccn4C)C(=O)C[C@@H](C)c4ccccc4)cc32)c1. The van der Waals surface area contributed by atoms with Crippen molar-refractivity contribution in [1.82, 2.24) is 14.3 Å². The van der Waals surface area contributed by atoms with Gasteiger partial charge in [-0.15, -0.1) is 0 Å². The fraction of sp³-hybridized carbons (Fsp3) is 0.312. The number of halogens is 2. The van der Waals surface area contributed by atoms with Crippen LogP contribution in [-0.2, 0) is 34.3 Å². The Hall–Kier alpha value is -3.89. The number of imidazole rings is 1. The van der Waals surface area contributed by atoms with Crippen LogP contribution >= 0.6 is 0 Å². The Labute approximate surface area is 245 Å². The molecule has 2 atom stereocenters. The zero-order valence-electron chi connectivity index (χ0n) is 23.8. The second-order valence-corrected chi connectivity index (χ2v) is 12.7. The van der Waals surface area contributed by atoms with Crippen molar-refractivity contribution in [2.75, 3.05) is 4.90 Å². The Kier molecular flexibility index (Phi) is 8.30. The van der Waals surface area contributed by atoms with Crippen molar-refractivity contribution in [3.8, 4) is 0 Å². The van der Waals surface area contributed by atoms with Gasteiger partial charge in [0.25, 0.3) is 5.92 Å². The summed E-state index contributed by atoms with van der Waals surface area (Å²) in [5.41, 5.74) is 2.10. The number of hydrogen-bond donors (Lipinski definition) is 1. The molecule has 42 heavy (non-hydrogen) atoms. The molecular weight excluding hydrogens is 558 g/mol. The van der Waals surface area contributed by atoms with Gasteiger partial charge in [-0.3, -0.25) is 4.79 Å². The minimum atomic E-state index is -3.99. The Morgan fingerprint density at radius 3 is 2.57 bits per heavy atom. The lowest BCUT2D eigenvalue weighted by molar-refractivity contribution is -0.119. The normalized spacial score (nSPS) is 16.9. The van der Waals surface area contributed by atoms with E-state index in [0.717, 1.165) is 11.1 Å². The van der Waals surface area contributed by atoms with Gasteiger partial charge in [-0.25, -0.2) is 26.9 Å². The largest absolute Gasteiger partial charge is 0.337 e. The smallest absolute Gasteiger partial charge is 0.273 e. The highest BCUT2D eigenvalue weighted by Crippen LogP contribution is 2.46. The van der Waals surface area contributed by atoms with Crippen molar-refractivity contribution in [3.63, 3.8) is 0 Å². The number of amides is 1. The van der Waals surface area contributed by atoms with E-state index in [4.69, 9.17) is 0 Å². The number of nitrogens with zero attached hydrogens (tertiary/aromatic N) is 3. The summed E-state index contributed by atoms with van der Waals surface area (Å²) in [5.74, 6) is -2.79. The summed E-state index contributed by atoms with van der Waals surface area (Å²) < 4.78 is 61.3. The molecule has 0 spiro atoms. The van der Waals surface area contributed by atoms with E-state index in [1.165, 1.54) is 30.3 Å². The van der Waals surface area contributed by atoms with E-state index in [1.54, 1.807) is 40.9 Å². The molecule has 0 radical (unpaired) electrons. The van der Waals surface area contributed by atoms with Crippen molar-refractivity contribution in [2.24, 2.45) is 7.05 Å². The van der Waals surface area contributed by atoms with Gasteiger partial charge in [-0.1, -0.05) is 55.5 Å². The van der Waals surface area contributed by atoms with Crippen LogP contribution < -0.4 is 9.62 Å². The zero-order valence-corrected chi connectivity index (χ0v) is 24.6. The monoisotopic (exact) mass is 592 g/mol. The number of sulfonamides is 1. The van der Waals surface area contributed by atoms with Gasteiger partial charge in [0.05, 0.1) is 11.4 Å². The molecule has 10 heteroatoms. The molecule has 1 aromatic heterocycles. The third kappa shape index (κ3) is 6.29. The van der Waals surface area contributed by atoms with Crippen LogP contribution in [0.5, 0.6) is 0 Å². The molecule has 5 rings (SSSR count). The van der Waals surface area contributed by atoms with Gasteiger partial charge in [0.15, 0.2) is 0 Å². The van der Waals surface area contributed by atoms with Crippen LogP contribution in [0.2, 0.25) is 0 Å². The number of nitrogens with one attached hydrogen (secondary N) is 1. The topological polar surface area (TPSA) is 84.3 Å². The fourth-order valence-corrected chi connectivity index (χ4v) is 6.75. The van der Waals surface area contributed by atoms with Gasteiger partial charge in [0.1, 0.15) is 5.82 Å². The lowest BCUT2D eigenvalue weighted by Gasteiger charge is -2.33. The van der Waals surface area contributed by atoms with Gasteiger partial charge < -0.3 is 9.47 Å². The summed E-state index contributed by atoms with van der Waals surface area (Å²) in [6.07, 6.45) is 3.00. The number of aromatic nitrogens is 2. The number of alkyl halides is 2. The van der Waals surface area contributed by atoms with Crippen LogP contribution in [-0.4, -0.2) is 23.9 Å². The number of carbonyl (C=O) groups excluding carboxylic acids is 1. The van der Waals surface area contributed by atoms with E-state index in [2.05, 4.69) is 9.71 Å². The Morgan fingerprint density at radius 1 is 1.12 bits per heavy atom. The van der Waals surface area contributed by atoms with Crippen molar-refractivity contribution in [2.45, 2.75) is 62.4 Å². The molecule has 0 saturated carbocycles. The molecule has 1 aliphatic rings. The van der Waals surface area contributed by atoms with Crippen molar-refractivity contribution >= 4 is 21.6 Å². The first-order chi connectivity index (χ1) is 19.9. The van der Waals surface area contributed by atoms with Gasteiger partial charge in [0, 0.05) is 49.6 Å².